The third-order valence-corrected chi connectivity index (χ3v) is 13.9. The third-order valence-electron chi connectivity index (χ3n) is 8.30. The molecule has 0 fully saturated rings. The third kappa shape index (κ3) is 25.6. The molecule has 0 aliphatic rings. The van der Waals surface area contributed by atoms with Crippen molar-refractivity contribution < 1.29 is 9.59 Å². The quantitative estimate of drug-likeness (QED) is 0.0558. The van der Waals surface area contributed by atoms with Crippen molar-refractivity contribution in [1.82, 2.24) is 10.6 Å². The minimum absolute atomic E-state index is 0.000411. The topological polar surface area (TPSA) is 58.2 Å². The number of amides is 2. The number of unbranched alkanes of at least 4 members (excludes halogenated alkanes) is 15. The zero-order chi connectivity index (χ0) is 32.3. The second-order valence-electron chi connectivity index (χ2n) is 12.9. The monoisotopic (exact) mass is 862 g/mol. The van der Waals surface area contributed by atoms with Gasteiger partial charge in [-0.15, -0.1) is 0 Å². The van der Waals surface area contributed by atoms with E-state index < -0.39 is 6.04 Å². The van der Waals surface area contributed by atoms with Gasteiger partial charge in [0.1, 0.15) is 6.04 Å². The maximum Gasteiger partial charge on any atom is 0.242 e. The summed E-state index contributed by atoms with van der Waals surface area (Å²) in [5.41, 5.74) is 0. The standard InChI is InChI=1S/C35H66Br4N2O2/c1-5-7-9-10-11-12-13-14-18-22-26-40-35(43)34(28(3)4)41-33(42)25-21-17-15-16-20-24-30(37)32(39)27-31(38)29(36)23-19-8-6-2/h28-32,34H,5-27H2,1-4H3,(H,40,43)(H,41,42)/t29?,30?,31?,32?,34-/m0/s1. The molecule has 0 aromatic rings. The van der Waals surface area contributed by atoms with Gasteiger partial charge in [0.15, 0.2) is 0 Å². The van der Waals surface area contributed by atoms with Crippen LogP contribution in [0.3, 0.4) is 0 Å². The molecule has 0 spiro atoms. The molecule has 4 unspecified atom stereocenters. The highest BCUT2D eigenvalue weighted by Crippen LogP contribution is 2.31. The second kappa shape index (κ2) is 30.2. The van der Waals surface area contributed by atoms with E-state index in [1.165, 1.54) is 89.9 Å². The zero-order valence-corrected chi connectivity index (χ0v) is 34.4. The summed E-state index contributed by atoms with van der Waals surface area (Å²) in [6.07, 6.45) is 26.1. The molecule has 8 heteroatoms. The van der Waals surface area contributed by atoms with Crippen LogP contribution in [0, 0.1) is 5.92 Å². The molecule has 0 saturated heterocycles. The Labute approximate surface area is 300 Å². The van der Waals surface area contributed by atoms with Crippen LogP contribution in [0.15, 0.2) is 0 Å². The van der Waals surface area contributed by atoms with Crippen LogP contribution in [0.4, 0.5) is 0 Å². The highest BCUT2D eigenvalue weighted by atomic mass is 79.9. The lowest BCUT2D eigenvalue weighted by Gasteiger charge is -2.23. The molecule has 2 amide bonds. The van der Waals surface area contributed by atoms with Crippen molar-refractivity contribution in [3.63, 3.8) is 0 Å². The van der Waals surface area contributed by atoms with Gasteiger partial charge in [-0.25, -0.2) is 0 Å². The van der Waals surface area contributed by atoms with Gasteiger partial charge in [0.2, 0.25) is 11.8 Å². The first-order valence-electron chi connectivity index (χ1n) is 17.8. The number of alkyl halides is 4. The maximum absolute atomic E-state index is 12.7. The molecule has 0 bridgehead atoms. The second-order valence-corrected chi connectivity index (χ2v) is 17.6. The van der Waals surface area contributed by atoms with Crippen molar-refractivity contribution in [2.24, 2.45) is 5.92 Å². The van der Waals surface area contributed by atoms with Crippen molar-refractivity contribution in [3.05, 3.63) is 0 Å². The Morgan fingerprint density at radius 2 is 0.977 bits per heavy atom. The summed E-state index contributed by atoms with van der Waals surface area (Å²) in [6.45, 7) is 9.22. The minimum atomic E-state index is -0.445. The van der Waals surface area contributed by atoms with E-state index in [-0.39, 0.29) is 17.7 Å². The SMILES string of the molecule is CCCCCCCCCCCCNC(=O)[C@@H](NC(=O)CCCCCCCC(Br)C(Br)CC(Br)C(Br)CCCCC)C(C)C. The molecule has 0 heterocycles. The van der Waals surface area contributed by atoms with E-state index in [0.29, 0.717) is 32.3 Å². The summed E-state index contributed by atoms with van der Waals surface area (Å²) >= 11 is 15.6. The van der Waals surface area contributed by atoms with E-state index >= 15 is 0 Å². The molecule has 0 aromatic carbocycles. The summed E-state index contributed by atoms with van der Waals surface area (Å²) in [7, 11) is 0. The Morgan fingerprint density at radius 1 is 0.558 bits per heavy atom. The van der Waals surface area contributed by atoms with Crippen LogP contribution >= 0.6 is 63.7 Å². The fourth-order valence-electron chi connectivity index (χ4n) is 5.33. The lowest BCUT2D eigenvalue weighted by atomic mass is 10.0. The van der Waals surface area contributed by atoms with Gasteiger partial charge in [0.05, 0.1) is 0 Å². The van der Waals surface area contributed by atoms with Crippen LogP contribution in [-0.2, 0) is 9.59 Å². The van der Waals surface area contributed by atoms with Crippen molar-refractivity contribution in [2.45, 2.75) is 194 Å². The first-order chi connectivity index (χ1) is 20.6. The van der Waals surface area contributed by atoms with Gasteiger partial charge in [-0.05, 0) is 38.0 Å². The molecule has 5 atom stereocenters. The van der Waals surface area contributed by atoms with E-state index in [2.05, 4.69) is 88.2 Å². The van der Waals surface area contributed by atoms with Crippen LogP contribution in [-0.4, -0.2) is 43.7 Å². The van der Waals surface area contributed by atoms with Gasteiger partial charge >= 0.3 is 0 Å². The van der Waals surface area contributed by atoms with Crippen LogP contribution in [0.25, 0.3) is 0 Å². The summed E-state index contributed by atoms with van der Waals surface area (Å²) in [5.74, 6) is 0.0380. The predicted octanol–water partition coefficient (Wildman–Crippen LogP) is 11.9. The normalized spacial score (nSPS) is 15.2. The zero-order valence-electron chi connectivity index (χ0n) is 28.1. The smallest absolute Gasteiger partial charge is 0.242 e. The van der Waals surface area contributed by atoms with E-state index in [1.54, 1.807) is 0 Å². The Bertz CT molecular complexity index is 668. The number of hydrogen-bond donors (Lipinski definition) is 2. The molecular weight excluding hydrogens is 800 g/mol. The Balaban J connectivity index is 3.97. The molecule has 0 aliphatic heterocycles. The molecule has 0 radical (unpaired) electrons. The summed E-state index contributed by atoms with van der Waals surface area (Å²) in [6, 6.07) is -0.445. The number of halogens is 4. The van der Waals surface area contributed by atoms with Crippen LogP contribution < -0.4 is 10.6 Å². The first kappa shape index (κ1) is 43.9. The molecule has 0 aromatic heterocycles. The van der Waals surface area contributed by atoms with Crippen LogP contribution in [0.1, 0.15) is 169 Å². The summed E-state index contributed by atoms with van der Waals surface area (Å²) < 4.78 is 0. The molecule has 43 heavy (non-hydrogen) atoms. The average Bonchev–Trinajstić information content (AvgIpc) is 2.97. The van der Waals surface area contributed by atoms with Crippen LogP contribution in [0.2, 0.25) is 0 Å². The highest BCUT2D eigenvalue weighted by Gasteiger charge is 2.24. The number of carbonyl (C=O) groups excluding carboxylic acids is 2. The lowest BCUT2D eigenvalue weighted by Crippen LogP contribution is -2.49. The number of rotatable bonds is 30. The Morgan fingerprint density at radius 3 is 1.49 bits per heavy atom. The fourth-order valence-corrected chi connectivity index (χ4v) is 8.25. The van der Waals surface area contributed by atoms with E-state index in [4.69, 9.17) is 0 Å². The predicted molar refractivity (Wildman–Crippen MR) is 204 cm³/mol. The van der Waals surface area contributed by atoms with Gasteiger partial charge in [0, 0.05) is 32.3 Å². The Kier molecular flexibility index (Phi) is 30.8. The molecule has 0 rings (SSSR count). The first-order valence-corrected chi connectivity index (χ1v) is 21.4. The summed E-state index contributed by atoms with van der Waals surface area (Å²) in [5, 5.41) is 6.07. The average molecular weight is 867 g/mol. The number of hydrogen-bond acceptors (Lipinski definition) is 2. The van der Waals surface area contributed by atoms with Crippen molar-refractivity contribution >= 4 is 75.5 Å². The van der Waals surface area contributed by atoms with Gasteiger partial charge in [-0.2, -0.15) is 0 Å². The molecule has 0 saturated carbocycles. The van der Waals surface area contributed by atoms with E-state index in [9.17, 15) is 9.59 Å². The molecule has 2 N–H and O–H groups in total. The van der Waals surface area contributed by atoms with Crippen molar-refractivity contribution in [2.75, 3.05) is 6.54 Å². The van der Waals surface area contributed by atoms with E-state index in [1.807, 2.05) is 13.8 Å². The molecule has 0 aliphatic carbocycles. The van der Waals surface area contributed by atoms with Gasteiger partial charge in [-0.1, -0.05) is 194 Å². The van der Waals surface area contributed by atoms with Gasteiger partial charge in [0.25, 0.3) is 0 Å². The summed E-state index contributed by atoms with van der Waals surface area (Å²) in [4.78, 5) is 27.2. The molecular formula is C35H66Br4N2O2. The van der Waals surface area contributed by atoms with Crippen molar-refractivity contribution in [3.8, 4) is 0 Å². The molecule has 4 nitrogen and oxygen atoms in total. The molecule has 256 valence electrons. The van der Waals surface area contributed by atoms with Crippen LogP contribution in [0.5, 0.6) is 0 Å². The highest BCUT2D eigenvalue weighted by molar-refractivity contribution is 9.13. The minimum Gasteiger partial charge on any atom is -0.354 e. The fraction of sp³-hybridized carbons (Fsp3) is 0.943. The number of nitrogens with one attached hydrogen (secondary N) is 2. The van der Waals surface area contributed by atoms with Crippen molar-refractivity contribution in [1.29, 1.82) is 0 Å². The maximum atomic E-state index is 12.7. The van der Waals surface area contributed by atoms with Gasteiger partial charge in [-0.3, -0.25) is 9.59 Å². The Hall–Kier alpha value is 0.860. The largest absolute Gasteiger partial charge is 0.354 e. The van der Waals surface area contributed by atoms with E-state index in [0.717, 1.165) is 44.9 Å². The number of carbonyl (C=O) groups is 2. The lowest BCUT2D eigenvalue weighted by molar-refractivity contribution is -0.130. The van der Waals surface area contributed by atoms with Gasteiger partial charge < -0.3 is 10.6 Å².